The second-order valence-electron chi connectivity index (χ2n) is 6.25. The van der Waals surface area contributed by atoms with Crippen molar-refractivity contribution in [3.8, 4) is 0 Å². The quantitative estimate of drug-likeness (QED) is 0.646. The summed E-state index contributed by atoms with van der Waals surface area (Å²) in [5.74, 6) is -0.610. The number of benzene rings is 1. The fourth-order valence-electron chi connectivity index (χ4n) is 3.03. The molecular formula is C18H21N5O3. The first kappa shape index (κ1) is 17.7. The van der Waals surface area contributed by atoms with Crippen LogP contribution in [0.2, 0.25) is 0 Å². The van der Waals surface area contributed by atoms with Crippen molar-refractivity contribution in [1.82, 2.24) is 19.2 Å². The molecule has 1 aromatic carbocycles. The third kappa shape index (κ3) is 3.30. The van der Waals surface area contributed by atoms with Crippen LogP contribution >= 0.6 is 0 Å². The molecule has 0 fully saturated rings. The lowest BCUT2D eigenvalue weighted by atomic mass is 10.0. The van der Waals surface area contributed by atoms with Gasteiger partial charge >= 0.3 is 11.7 Å². The van der Waals surface area contributed by atoms with E-state index >= 15 is 0 Å². The van der Waals surface area contributed by atoms with E-state index < -0.39 is 18.2 Å². The topological polar surface area (TPSA) is 116 Å². The Morgan fingerprint density at radius 1 is 1.27 bits per heavy atom. The molecular weight excluding hydrogens is 334 g/mol. The highest BCUT2D eigenvalue weighted by molar-refractivity contribution is 5.66. The van der Waals surface area contributed by atoms with E-state index in [0.717, 1.165) is 34.3 Å². The van der Waals surface area contributed by atoms with Crippen molar-refractivity contribution in [1.29, 1.82) is 0 Å². The van der Waals surface area contributed by atoms with Gasteiger partial charge in [0.2, 0.25) is 0 Å². The maximum absolute atomic E-state index is 12.5. The highest BCUT2D eigenvalue weighted by Crippen LogP contribution is 2.20. The Balaban J connectivity index is 2.21. The number of carbonyl (C=O) groups is 1. The number of aliphatic carboxylic acids is 1. The molecule has 0 aliphatic heterocycles. The van der Waals surface area contributed by atoms with Crippen molar-refractivity contribution in [3.05, 3.63) is 57.4 Å². The molecule has 3 rings (SSSR count). The van der Waals surface area contributed by atoms with Crippen molar-refractivity contribution in [2.75, 3.05) is 5.73 Å². The summed E-state index contributed by atoms with van der Waals surface area (Å²) in [4.78, 5) is 28.2. The minimum absolute atomic E-state index is 0.462. The zero-order chi connectivity index (χ0) is 18.8. The Bertz CT molecular complexity index is 1020. The van der Waals surface area contributed by atoms with Gasteiger partial charge in [-0.25, -0.2) is 18.9 Å². The van der Waals surface area contributed by atoms with E-state index in [2.05, 4.69) is 17.0 Å². The fourth-order valence-corrected chi connectivity index (χ4v) is 3.03. The summed E-state index contributed by atoms with van der Waals surface area (Å²) < 4.78 is 2.35. The van der Waals surface area contributed by atoms with Gasteiger partial charge in [0.05, 0.1) is 0 Å². The summed E-state index contributed by atoms with van der Waals surface area (Å²) in [6.45, 7) is 3.31. The normalized spacial score (nSPS) is 11.2. The van der Waals surface area contributed by atoms with Crippen LogP contribution in [0, 0.1) is 6.92 Å². The molecule has 0 amide bonds. The molecule has 3 aromatic rings. The average Bonchev–Trinajstić information content (AvgIpc) is 2.90. The Kier molecular flexibility index (Phi) is 4.75. The van der Waals surface area contributed by atoms with Gasteiger partial charge in [0, 0.05) is 23.4 Å². The molecule has 8 nitrogen and oxygen atoms in total. The molecule has 0 spiro atoms. The lowest BCUT2D eigenvalue weighted by molar-refractivity contribution is -0.137. The van der Waals surface area contributed by atoms with Gasteiger partial charge in [0.25, 0.3) is 0 Å². The molecule has 0 saturated heterocycles. The molecule has 0 atom stereocenters. The molecule has 8 heteroatoms. The van der Waals surface area contributed by atoms with Crippen LogP contribution in [-0.2, 0) is 24.2 Å². The van der Waals surface area contributed by atoms with Crippen LogP contribution in [0.1, 0.15) is 36.0 Å². The molecule has 0 aliphatic rings. The smallest absolute Gasteiger partial charge is 0.352 e. The molecule has 2 heterocycles. The Hall–Kier alpha value is -3.16. The van der Waals surface area contributed by atoms with Gasteiger partial charge in [0.15, 0.2) is 5.65 Å². The van der Waals surface area contributed by atoms with E-state index in [-0.39, 0.29) is 0 Å². The highest BCUT2D eigenvalue weighted by Gasteiger charge is 2.19. The van der Waals surface area contributed by atoms with Crippen molar-refractivity contribution < 1.29 is 9.90 Å². The highest BCUT2D eigenvalue weighted by atomic mass is 16.4. The number of aromatic nitrogens is 4. The van der Waals surface area contributed by atoms with Crippen LogP contribution in [0.3, 0.4) is 0 Å². The summed E-state index contributed by atoms with van der Waals surface area (Å²) in [5.41, 5.74) is 9.13. The van der Waals surface area contributed by atoms with Crippen LogP contribution in [0.5, 0.6) is 0 Å². The number of nitrogen functional groups attached to an aromatic ring is 1. The number of fused-ring (bicyclic) bond motifs is 1. The first-order chi connectivity index (χ1) is 12.4. The lowest BCUT2D eigenvalue weighted by Gasteiger charge is -2.11. The van der Waals surface area contributed by atoms with E-state index in [1.54, 1.807) is 6.92 Å². The van der Waals surface area contributed by atoms with Gasteiger partial charge in [-0.1, -0.05) is 25.5 Å². The van der Waals surface area contributed by atoms with Crippen molar-refractivity contribution in [2.45, 2.75) is 39.7 Å². The molecule has 26 heavy (non-hydrogen) atoms. The fraction of sp³-hybridized carbons (Fsp3) is 0.333. The maximum Gasteiger partial charge on any atom is 0.352 e. The van der Waals surface area contributed by atoms with Gasteiger partial charge < -0.3 is 10.8 Å². The van der Waals surface area contributed by atoms with Gasteiger partial charge in [-0.2, -0.15) is 0 Å². The predicted molar refractivity (Wildman–Crippen MR) is 97.3 cm³/mol. The van der Waals surface area contributed by atoms with Crippen LogP contribution in [0.25, 0.3) is 5.65 Å². The van der Waals surface area contributed by atoms with Crippen molar-refractivity contribution in [2.24, 2.45) is 0 Å². The van der Waals surface area contributed by atoms with Gasteiger partial charge in [0.1, 0.15) is 12.4 Å². The first-order valence-corrected chi connectivity index (χ1v) is 8.44. The van der Waals surface area contributed by atoms with E-state index in [9.17, 15) is 9.59 Å². The van der Waals surface area contributed by atoms with Gasteiger partial charge in [-0.05, 0) is 31.0 Å². The summed E-state index contributed by atoms with van der Waals surface area (Å²) >= 11 is 0. The lowest BCUT2D eigenvalue weighted by Crippen LogP contribution is -2.26. The Labute approximate surface area is 149 Å². The van der Waals surface area contributed by atoms with E-state index in [4.69, 9.17) is 10.8 Å². The number of hydrogen-bond donors (Lipinski definition) is 2. The number of hydrogen-bond acceptors (Lipinski definition) is 5. The second kappa shape index (κ2) is 6.99. The summed E-state index contributed by atoms with van der Waals surface area (Å²) in [5, 5.41) is 13.3. The number of nitrogens with two attached hydrogens (primary N) is 1. The number of carboxylic acid groups (broad SMARTS) is 1. The van der Waals surface area contributed by atoms with Gasteiger partial charge in [-0.3, -0.25) is 4.79 Å². The number of anilines is 1. The van der Waals surface area contributed by atoms with Crippen molar-refractivity contribution >= 4 is 17.3 Å². The summed E-state index contributed by atoms with van der Waals surface area (Å²) in [6.07, 6.45) is 2.19. The molecule has 136 valence electrons. The van der Waals surface area contributed by atoms with E-state index in [1.165, 1.54) is 4.40 Å². The predicted octanol–water partition coefficient (Wildman–Crippen LogP) is 1.41. The molecule has 0 unspecified atom stereocenters. The molecule has 0 aliphatic carbocycles. The molecule has 0 bridgehead atoms. The third-order valence-electron chi connectivity index (χ3n) is 4.21. The summed E-state index contributed by atoms with van der Waals surface area (Å²) in [7, 11) is 0. The van der Waals surface area contributed by atoms with E-state index in [0.29, 0.717) is 23.6 Å². The SMILES string of the molecule is CCCc1nc(C)n2c(=O)n(CC(=O)O)nc2c1Cc1ccc(N)cc1. The van der Waals surface area contributed by atoms with Crippen LogP contribution < -0.4 is 11.4 Å². The van der Waals surface area contributed by atoms with Crippen LogP contribution in [0.15, 0.2) is 29.1 Å². The largest absolute Gasteiger partial charge is 0.480 e. The second-order valence-corrected chi connectivity index (χ2v) is 6.25. The van der Waals surface area contributed by atoms with Crippen molar-refractivity contribution in [3.63, 3.8) is 0 Å². The molecule has 2 aromatic heterocycles. The third-order valence-corrected chi connectivity index (χ3v) is 4.21. The zero-order valence-corrected chi connectivity index (χ0v) is 14.8. The number of rotatable bonds is 6. The molecule has 3 N–H and O–H groups in total. The molecule has 0 radical (unpaired) electrons. The van der Waals surface area contributed by atoms with Crippen LogP contribution in [-0.4, -0.2) is 30.2 Å². The molecule has 0 saturated carbocycles. The first-order valence-electron chi connectivity index (χ1n) is 8.44. The monoisotopic (exact) mass is 355 g/mol. The maximum atomic E-state index is 12.5. The standard InChI is InChI=1S/C18H21N5O3/c1-3-4-15-14(9-12-5-7-13(19)8-6-12)17-21-22(10-16(24)25)18(26)23(17)11(2)20-15/h5-8H,3-4,9-10,19H2,1-2H3,(H,24,25). The zero-order valence-electron chi connectivity index (χ0n) is 14.8. The number of nitrogens with zero attached hydrogens (tertiary/aromatic N) is 4. The van der Waals surface area contributed by atoms with Crippen LogP contribution in [0.4, 0.5) is 5.69 Å². The number of carboxylic acids is 1. The van der Waals surface area contributed by atoms with E-state index in [1.807, 2.05) is 24.3 Å². The minimum Gasteiger partial charge on any atom is -0.480 e. The Morgan fingerprint density at radius 3 is 2.58 bits per heavy atom. The van der Waals surface area contributed by atoms with Gasteiger partial charge in [-0.15, -0.1) is 5.10 Å². The summed E-state index contributed by atoms with van der Waals surface area (Å²) in [6, 6.07) is 7.49. The Morgan fingerprint density at radius 2 is 1.96 bits per heavy atom. The minimum atomic E-state index is -1.12. The average molecular weight is 355 g/mol. The number of aryl methyl sites for hydroxylation is 2.